The van der Waals surface area contributed by atoms with E-state index in [9.17, 15) is 0 Å². The Labute approximate surface area is 128 Å². The number of nitrogens with zero attached hydrogens (tertiary/aromatic N) is 3. The third-order valence-electron chi connectivity index (χ3n) is 5.54. The van der Waals surface area contributed by atoms with Crippen molar-refractivity contribution in [1.29, 1.82) is 0 Å². The van der Waals surface area contributed by atoms with E-state index >= 15 is 0 Å². The maximum Gasteiger partial charge on any atom is 0.0948 e. The maximum atomic E-state index is 4.47. The molecule has 4 heteroatoms. The van der Waals surface area contributed by atoms with Crippen molar-refractivity contribution in [1.82, 2.24) is 19.8 Å². The molecule has 1 unspecified atom stereocenters. The normalized spacial score (nSPS) is 26.6. The molecule has 1 aromatic rings. The van der Waals surface area contributed by atoms with Gasteiger partial charge in [-0.2, -0.15) is 0 Å². The molecule has 0 saturated carbocycles. The lowest BCUT2D eigenvalue weighted by atomic mass is 9.78. The number of likely N-dealkylation sites (tertiary alicyclic amines) is 1. The van der Waals surface area contributed by atoms with Crippen molar-refractivity contribution in [3.05, 3.63) is 18.2 Å². The second-order valence-corrected chi connectivity index (χ2v) is 7.49. The number of piperidine rings is 1. The van der Waals surface area contributed by atoms with Gasteiger partial charge in [0.25, 0.3) is 0 Å². The van der Waals surface area contributed by atoms with Crippen LogP contribution in [0.1, 0.15) is 45.7 Å². The predicted molar refractivity (Wildman–Crippen MR) is 86.5 cm³/mol. The lowest BCUT2D eigenvalue weighted by molar-refractivity contribution is 0.257. The van der Waals surface area contributed by atoms with Gasteiger partial charge in [-0.15, -0.1) is 0 Å². The first-order chi connectivity index (χ1) is 10.1. The molecule has 0 bridgehead atoms. The average molecular weight is 290 g/mol. The van der Waals surface area contributed by atoms with Crippen molar-refractivity contribution >= 4 is 0 Å². The minimum atomic E-state index is 0.304. The zero-order chi connectivity index (χ0) is 14.9. The first kappa shape index (κ1) is 15.0. The molecule has 118 valence electrons. The van der Waals surface area contributed by atoms with E-state index in [-0.39, 0.29) is 0 Å². The van der Waals surface area contributed by atoms with Crippen LogP contribution in [0.5, 0.6) is 0 Å². The molecule has 3 rings (SSSR count). The molecule has 1 aromatic heterocycles. The fourth-order valence-corrected chi connectivity index (χ4v) is 3.96. The maximum absolute atomic E-state index is 4.47. The SMILES string of the molecule is CC(C)N1CCC(Cn2cncc2C2(C)CCNCC2)C1. The lowest BCUT2D eigenvalue weighted by Crippen LogP contribution is -2.39. The summed E-state index contributed by atoms with van der Waals surface area (Å²) >= 11 is 0. The highest BCUT2D eigenvalue weighted by Crippen LogP contribution is 2.33. The van der Waals surface area contributed by atoms with Crippen molar-refractivity contribution in [2.45, 2.75) is 58.0 Å². The Morgan fingerprint density at radius 3 is 2.81 bits per heavy atom. The number of imidazole rings is 1. The van der Waals surface area contributed by atoms with Crippen LogP contribution >= 0.6 is 0 Å². The van der Waals surface area contributed by atoms with E-state index in [1.807, 2.05) is 0 Å². The van der Waals surface area contributed by atoms with Gasteiger partial charge in [0, 0.05) is 36.4 Å². The summed E-state index contributed by atoms with van der Waals surface area (Å²) in [5.41, 5.74) is 1.75. The topological polar surface area (TPSA) is 33.1 Å². The zero-order valence-corrected chi connectivity index (χ0v) is 13.8. The van der Waals surface area contributed by atoms with Gasteiger partial charge in [0.05, 0.1) is 6.33 Å². The molecular formula is C17H30N4. The molecule has 4 nitrogen and oxygen atoms in total. The van der Waals surface area contributed by atoms with Gasteiger partial charge in [-0.3, -0.25) is 0 Å². The minimum Gasteiger partial charge on any atom is -0.334 e. The van der Waals surface area contributed by atoms with Crippen LogP contribution in [0.3, 0.4) is 0 Å². The Kier molecular flexibility index (Phi) is 4.36. The van der Waals surface area contributed by atoms with Crippen LogP contribution in [0.4, 0.5) is 0 Å². The Morgan fingerprint density at radius 2 is 2.14 bits per heavy atom. The van der Waals surface area contributed by atoms with Gasteiger partial charge >= 0.3 is 0 Å². The molecule has 0 aliphatic carbocycles. The molecule has 1 atom stereocenters. The van der Waals surface area contributed by atoms with Crippen molar-refractivity contribution in [3.63, 3.8) is 0 Å². The van der Waals surface area contributed by atoms with E-state index in [1.165, 1.54) is 38.0 Å². The van der Waals surface area contributed by atoms with Crippen molar-refractivity contribution in [2.75, 3.05) is 26.2 Å². The van der Waals surface area contributed by atoms with Crippen molar-refractivity contribution in [2.24, 2.45) is 5.92 Å². The highest BCUT2D eigenvalue weighted by molar-refractivity contribution is 5.15. The number of rotatable bonds is 4. The first-order valence-corrected chi connectivity index (χ1v) is 8.54. The summed E-state index contributed by atoms with van der Waals surface area (Å²) < 4.78 is 2.44. The largest absolute Gasteiger partial charge is 0.334 e. The summed E-state index contributed by atoms with van der Waals surface area (Å²) in [5, 5.41) is 3.48. The number of hydrogen-bond acceptors (Lipinski definition) is 3. The van der Waals surface area contributed by atoms with E-state index < -0.39 is 0 Å². The summed E-state index contributed by atoms with van der Waals surface area (Å²) in [7, 11) is 0. The lowest BCUT2D eigenvalue weighted by Gasteiger charge is -2.35. The van der Waals surface area contributed by atoms with Crippen molar-refractivity contribution in [3.8, 4) is 0 Å². The minimum absolute atomic E-state index is 0.304. The molecule has 0 spiro atoms. The highest BCUT2D eigenvalue weighted by Gasteiger charge is 2.33. The van der Waals surface area contributed by atoms with Crippen LogP contribution in [0.2, 0.25) is 0 Å². The Morgan fingerprint density at radius 1 is 1.38 bits per heavy atom. The molecule has 2 fully saturated rings. The Balaban J connectivity index is 1.69. The number of nitrogens with one attached hydrogen (secondary N) is 1. The molecule has 3 heterocycles. The third-order valence-corrected chi connectivity index (χ3v) is 5.54. The van der Waals surface area contributed by atoms with Gasteiger partial charge in [-0.1, -0.05) is 6.92 Å². The molecule has 1 N–H and O–H groups in total. The van der Waals surface area contributed by atoms with E-state index in [0.717, 1.165) is 25.6 Å². The van der Waals surface area contributed by atoms with Gasteiger partial charge in [0.1, 0.15) is 0 Å². The summed E-state index contributed by atoms with van der Waals surface area (Å²) in [4.78, 5) is 7.07. The number of hydrogen-bond donors (Lipinski definition) is 1. The summed E-state index contributed by atoms with van der Waals surface area (Å²) in [6, 6.07) is 0.680. The molecule has 2 aliphatic rings. The fourth-order valence-electron chi connectivity index (χ4n) is 3.96. The van der Waals surface area contributed by atoms with Gasteiger partial charge in [-0.25, -0.2) is 4.98 Å². The molecule has 0 radical (unpaired) electrons. The predicted octanol–water partition coefficient (Wildman–Crippen LogP) is 2.25. The van der Waals surface area contributed by atoms with Crippen LogP contribution in [0, 0.1) is 5.92 Å². The van der Waals surface area contributed by atoms with E-state index in [4.69, 9.17) is 0 Å². The second kappa shape index (κ2) is 6.09. The fraction of sp³-hybridized carbons (Fsp3) is 0.824. The van der Waals surface area contributed by atoms with E-state index in [0.29, 0.717) is 11.5 Å². The average Bonchev–Trinajstić information content (AvgIpc) is 3.09. The standard InChI is InChI=1S/C17H30N4/c1-14(2)20-9-4-15(11-20)12-21-13-19-10-16(21)17(3)5-7-18-8-6-17/h10,13-15,18H,4-9,11-12H2,1-3H3. The molecule has 0 amide bonds. The van der Waals surface area contributed by atoms with E-state index in [2.05, 4.69) is 53.1 Å². The molecule has 0 aromatic carbocycles. The van der Waals surface area contributed by atoms with Crippen LogP contribution in [0.25, 0.3) is 0 Å². The molecule has 21 heavy (non-hydrogen) atoms. The van der Waals surface area contributed by atoms with Gasteiger partial charge < -0.3 is 14.8 Å². The van der Waals surface area contributed by atoms with Gasteiger partial charge in [0.15, 0.2) is 0 Å². The zero-order valence-electron chi connectivity index (χ0n) is 13.8. The smallest absolute Gasteiger partial charge is 0.0948 e. The number of aromatic nitrogens is 2. The van der Waals surface area contributed by atoms with Crippen LogP contribution in [0.15, 0.2) is 12.5 Å². The summed E-state index contributed by atoms with van der Waals surface area (Å²) in [5.74, 6) is 0.783. The first-order valence-electron chi connectivity index (χ1n) is 8.54. The third kappa shape index (κ3) is 3.16. The quantitative estimate of drug-likeness (QED) is 0.923. The second-order valence-electron chi connectivity index (χ2n) is 7.49. The highest BCUT2D eigenvalue weighted by atomic mass is 15.2. The van der Waals surface area contributed by atoms with Gasteiger partial charge in [0.2, 0.25) is 0 Å². The van der Waals surface area contributed by atoms with Crippen LogP contribution < -0.4 is 5.32 Å². The Bertz CT molecular complexity index is 459. The molecule has 2 saturated heterocycles. The monoisotopic (exact) mass is 290 g/mol. The van der Waals surface area contributed by atoms with Crippen LogP contribution in [-0.2, 0) is 12.0 Å². The summed E-state index contributed by atoms with van der Waals surface area (Å²) in [6.45, 7) is 12.9. The van der Waals surface area contributed by atoms with Crippen molar-refractivity contribution < 1.29 is 0 Å². The Hall–Kier alpha value is -0.870. The molecule has 2 aliphatic heterocycles. The van der Waals surface area contributed by atoms with Gasteiger partial charge in [-0.05, 0) is 58.7 Å². The van der Waals surface area contributed by atoms with E-state index in [1.54, 1.807) is 0 Å². The molecular weight excluding hydrogens is 260 g/mol. The summed E-state index contributed by atoms with van der Waals surface area (Å²) in [6.07, 6.45) is 7.94. The van der Waals surface area contributed by atoms with Crippen LogP contribution in [-0.4, -0.2) is 46.7 Å².